The van der Waals surface area contributed by atoms with Crippen molar-refractivity contribution in [2.24, 2.45) is 22.7 Å². The number of aliphatic hydroxyl groups excluding tert-OH is 2. The van der Waals surface area contributed by atoms with Gasteiger partial charge in [0.05, 0.1) is 12.2 Å². The number of aliphatic hydroxyl groups is 2. The summed E-state index contributed by atoms with van der Waals surface area (Å²) in [6, 6.07) is 0. The second kappa shape index (κ2) is 6.49. The summed E-state index contributed by atoms with van der Waals surface area (Å²) in [6.45, 7) is 4.44. The lowest BCUT2D eigenvalue weighted by atomic mass is 9.53. The van der Waals surface area contributed by atoms with E-state index in [1.165, 1.54) is 19.3 Å². The fraction of sp³-hybridized carbons (Fsp3) is 0.810. The maximum Gasteiger partial charge on any atom is 0.144 e. The zero-order valence-corrected chi connectivity index (χ0v) is 15.5. The highest BCUT2D eigenvalue weighted by Crippen LogP contribution is 2.62. The second-order valence-electron chi connectivity index (χ2n) is 8.87. The molecule has 0 spiro atoms. The standard InChI is InChI=1S/C21H32O4/c1-20-9-7-15(24-12-22)11-14(20)3-4-16-17-5-6-19(25-13-23)21(17,2)10-8-18(16)20/h7,9,14-15,17,19,22-23H,3-6,8,10-13H2,1-2H3/t14?,15?,17-,19?,20-,21-/m0/s1. The van der Waals surface area contributed by atoms with Crippen molar-refractivity contribution >= 4 is 0 Å². The first-order chi connectivity index (χ1) is 12.0. The van der Waals surface area contributed by atoms with E-state index in [0.717, 1.165) is 25.7 Å². The molecule has 2 N–H and O–H groups in total. The van der Waals surface area contributed by atoms with Crippen molar-refractivity contribution in [1.29, 1.82) is 0 Å². The van der Waals surface area contributed by atoms with Crippen molar-refractivity contribution in [1.82, 2.24) is 0 Å². The largest absolute Gasteiger partial charge is 0.371 e. The van der Waals surface area contributed by atoms with Crippen LogP contribution in [-0.2, 0) is 9.47 Å². The highest BCUT2D eigenvalue weighted by molar-refractivity contribution is 5.38. The van der Waals surface area contributed by atoms with Gasteiger partial charge in [-0.15, -0.1) is 0 Å². The second-order valence-corrected chi connectivity index (χ2v) is 8.87. The Bertz CT molecular complexity index is 582. The quantitative estimate of drug-likeness (QED) is 0.603. The molecular weight excluding hydrogens is 316 g/mol. The molecule has 0 amide bonds. The molecule has 4 aliphatic rings. The van der Waals surface area contributed by atoms with Crippen molar-refractivity contribution in [3.05, 3.63) is 23.3 Å². The summed E-state index contributed by atoms with van der Waals surface area (Å²) in [5.41, 5.74) is 3.71. The van der Waals surface area contributed by atoms with Crippen LogP contribution in [-0.4, -0.2) is 36.0 Å². The number of allylic oxidation sites excluding steroid dienone is 3. The molecule has 6 atom stereocenters. The molecule has 0 saturated heterocycles. The molecule has 0 bridgehead atoms. The molecule has 140 valence electrons. The van der Waals surface area contributed by atoms with Gasteiger partial charge >= 0.3 is 0 Å². The lowest BCUT2D eigenvalue weighted by Gasteiger charge is -2.52. The van der Waals surface area contributed by atoms with Gasteiger partial charge in [-0.1, -0.05) is 37.1 Å². The maximum atomic E-state index is 9.25. The van der Waals surface area contributed by atoms with E-state index in [4.69, 9.17) is 14.6 Å². The number of hydrogen-bond acceptors (Lipinski definition) is 4. The van der Waals surface area contributed by atoms with Crippen molar-refractivity contribution in [3.8, 4) is 0 Å². The van der Waals surface area contributed by atoms with Crippen LogP contribution >= 0.6 is 0 Å². The van der Waals surface area contributed by atoms with Crippen LogP contribution in [0.25, 0.3) is 0 Å². The monoisotopic (exact) mass is 348 g/mol. The Morgan fingerprint density at radius 2 is 1.88 bits per heavy atom. The minimum atomic E-state index is -0.195. The topological polar surface area (TPSA) is 58.9 Å². The fourth-order valence-corrected chi connectivity index (χ4v) is 6.54. The zero-order valence-electron chi connectivity index (χ0n) is 15.5. The van der Waals surface area contributed by atoms with Crippen LogP contribution in [0.15, 0.2) is 23.3 Å². The average Bonchev–Trinajstić information content (AvgIpc) is 2.93. The highest BCUT2D eigenvalue weighted by atomic mass is 16.6. The normalized spacial score (nSPS) is 45.9. The van der Waals surface area contributed by atoms with Gasteiger partial charge in [0.2, 0.25) is 0 Å². The predicted molar refractivity (Wildman–Crippen MR) is 95.6 cm³/mol. The first-order valence-electron chi connectivity index (χ1n) is 9.89. The van der Waals surface area contributed by atoms with E-state index in [2.05, 4.69) is 26.0 Å². The molecule has 4 aliphatic carbocycles. The van der Waals surface area contributed by atoms with Gasteiger partial charge in [0.1, 0.15) is 13.6 Å². The molecular formula is C21H32O4. The Balaban J connectivity index is 1.65. The van der Waals surface area contributed by atoms with E-state index in [-0.39, 0.29) is 36.6 Å². The first-order valence-corrected chi connectivity index (χ1v) is 9.89. The Hall–Kier alpha value is -0.680. The molecule has 0 heterocycles. The van der Waals surface area contributed by atoms with Crippen molar-refractivity contribution in [2.75, 3.05) is 13.6 Å². The Morgan fingerprint density at radius 1 is 1.08 bits per heavy atom. The lowest BCUT2D eigenvalue weighted by molar-refractivity contribution is -0.0984. The van der Waals surface area contributed by atoms with Gasteiger partial charge in [0.15, 0.2) is 0 Å². The summed E-state index contributed by atoms with van der Waals surface area (Å²) in [5.74, 6) is 1.23. The minimum absolute atomic E-state index is 0.0629. The molecule has 1 fully saturated rings. The van der Waals surface area contributed by atoms with Gasteiger partial charge in [-0.05, 0) is 56.8 Å². The number of ether oxygens (including phenoxy) is 2. The Labute approximate surface area is 150 Å². The lowest BCUT2D eigenvalue weighted by Crippen LogP contribution is -2.45. The molecule has 3 unspecified atom stereocenters. The van der Waals surface area contributed by atoms with Gasteiger partial charge in [-0.25, -0.2) is 0 Å². The van der Waals surface area contributed by atoms with Gasteiger partial charge < -0.3 is 19.7 Å². The molecule has 0 aromatic rings. The van der Waals surface area contributed by atoms with Crippen molar-refractivity contribution in [2.45, 2.75) is 71.0 Å². The van der Waals surface area contributed by atoms with Gasteiger partial charge in [-0.2, -0.15) is 0 Å². The van der Waals surface area contributed by atoms with E-state index >= 15 is 0 Å². The van der Waals surface area contributed by atoms with Crippen LogP contribution < -0.4 is 0 Å². The highest BCUT2D eigenvalue weighted by Gasteiger charge is 2.55. The SMILES string of the molecule is C[C@]12C=CC(OCO)CC1CCC1=C2CC[C@]2(C)C(OCO)CC[C@@H]12. The number of rotatable bonds is 4. The third-order valence-corrected chi connectivity index (χ3v) is 7.97. The molecule has 1 saturated carbocycles. The van der Waals surface area contributed by atoms with Crippen molar-refractivity contribution in [3.63, 3.8) is 0 Å². The number of fused-ring (bicyclic) bond motifs is 4. The molecule has 0 aromatic carbocycles. The van der Waals surface area contributed by atoms with Gasteiger partial charge in [0, 0.05) is 10.8 Å². The van der Waals surface area contributed by atoms with E-state index in [9.17, 15) is 5.11 Å². The molecule has 0 aliphatic heterocycles. The van der Waals surface area contributed by atoms with Crippen LogP contribution in [0, 0.1) is 22.7 Å². The molecule has 4 heteroatoms. The minimum Gasteiger partial charge on any atom is -0.371 e. The van der Waals surface area contributed by atoms with Crippen LogP contribution in [0.1, 0.15) is 58.8 Å². The van der Waals surface area contributed by atoms with Gasteiger partial charge in [0.25, 0.3) is 0 Å². The van der Waals surface area contributed by atoms with Crippen LogP contribution in [0.4, 0.5) is 0 Å². The molecule has 4 rings (SSSR count). The predicted octanol–water partition coefficient (Wildman–Crippen LogP) is 3.54. The maximum absolute atomic E-state index is 9.25. The zero-order chi connectivity index (χ0) is 17.7. The van der Waals surface area contributed by atoms with E-state index in [0.29, 0.717) is 11.8 Å². The smallest absolute Gasteiger partial charge is 0.144 e. The molecule has 4 nitrogen and oxygen atoms in total. The summed E-state index contributed by atoms with van der Waals surface area (Å²) in [4.78, 5) is 0. The van der Waals surface area contributed by atoms with Crippen LogP contribution in [0.2, 0.25) is 0 Å². The first kappa shape index (κ1) is 17.7. The third kappa shape index (κ3) is 2.64. The summed E-state index contributed by atoms with van der Waals surface area (Å²) in [6.07, 6.45) is 12.8. The number of hydrogen-bond donors (Lipinski definition) is 2. The van der Waals surface area contributed by atoms with E-state index in [1.807, 2.05) is 0 Å². The Morgan fingerprint density at radius 3 is 2.64 bits per heavy atom. The van der Waals surface area contributed by atoms with E-state index in [1.54, 1.807) is 11.1 Å². The summed E-state index contributed by atoms with van der Waals surface area (Å²) >= 11 is 0. The fourth-order valence-electron chi connectivity index (χ4n) is 6.54. The van der Waals surface area contributed by atoms with E-state index < -0.39 is 0 Å². The van der Waals surface area contributed by atoms with Crippen LogP contribution in [0.3, 0.4) is 0 Å². The summed E-state index contributed by atoms with van der Waals surface area (Å²) < 4.78 is 11.2. The van der Waals surface area contributed by atoms with Gasteiger partial charge in [-0.3, -0.25) is 0 Å². The Kier molecular flexibility index (Phi) is 4.60. The van der Waals surface area contributed by atoms with Crippen LogP contribution in [0.5, 0.6) is 0 Å². The molecule has 0 aromatic heterocycles. The van der Waals surface area contributed by atoms with Crippen molar-refractivity contribution < 1.29 is 19.7 Å². The summed E-state index contributed by atoms with van der Waals surface area (Å²) in [5, 5.41) is 18.3. The summed E-state index contributed by atoms with van der Waals surface area (Å²) in [7, 11) is 0. The average molecular weight is 348 g/mol. The molecule has 0 radical (unpaired) electrons. The molecule has 25 heavy (non-hydrogen) atoms. The third-order valence-electron chi connectivity index (χ3n) is 7.97.